The number of esters is 1. The van der Waals surface area contributed by atoms with Gasteiger partial charge in [0.1, 0.15) is 0 Å². The average Bonchev–Trinajstić information content (AvgIpc) is 2.82. The molecule has 0 aliphatic carbocycles. The van der Waals surface area contributed by atoms with Crippen LogP contribution in [0.3, 0.4) is 0 Å². The second-order valence-electron chi connectivity index (χ2n) is 7.22. The molecule has 166 valence electrons. The molecule has 0 aliphatic heterocycles. The van der Waals surface area contributed by atoms with E-state index < -0.39 is 23.5 Å². The zero-order valence-electron chi connectivity index (χ0n) is 17.5. The highest BCUT2D eigenvalue weighted by atomic mass is 19.4. The molecule has 3 aromatic carbocycles. The Balaban J connectivity index is 2.14. The van der Waals surface area contributed by atoms with E-state index in [4.69, 9.17) is 4.74 Å². The summed E-state index contributed by atoms with van der Waals surface area (Å²) in [6.07, 6.45) is -4.64. The molecule has 0 bridgehead atoms. The molecule has 4 nitrogen and oxygen atoms in total. The zero-order valence-corrected chi connectivity index (χ0v) is 17.5. The molecule has 7 heteroatoms. The van der Waals surface area contributed by atoms with Crippen LogP contribution in [0.2, 0.25) is 0 Å². The summed E-state index contributed by atoms with van der Waals surface area (Å²) in [4.78, 5) is 31.2. The first-order chi connectivity index (χ1) is 15.8. The van der Waals surface area contributed by atoms with Gasteiger partial charge in [-0.2, -0.15) is 13.2 Å². The number of carbonyl (C=O) groups excluding carboxylic acids is 2. The Morgan fingerprint density at radius 3 is 2.12 bits per heavy atom. The Morgan fingerprint density at radius 1 is 0.879 bits per heavy atom. The summed E-state index contributed by atoms with van der Waals surface area (Å²) < 4.78 is 45.7. The van der Waals surface area contributed by atoms with Gasteiger partial charge in [0.05, 0.1) is 28.9 Å². The molecule has 4 aromatic rings. The number of ether oxygens (including phenoxy) is 1. The predicted molar refractivity (Wildman–Crippen MR) is 118 cm³/mol. The topological polar surface area (TPSA) is 56.3 Å². The summed E-state index contributed by atoms with van der Waals surface area (Å²) in [5.41, 5.74) is -0.189. The lowest BCUT2D eigenvalue weighted by Gasteiger charge is -2.17. The molecular formula is C26H18F3NO3. The number of pyridine rings is 1. The van der Waals surface area contributed by atoms with E-state index in [1.54, 1.807) is 67.6 Å². The highest BCUT2D eigenvalue weighted by Crippen LogP contribution is 2.36. The van der Waals surface area contributed by atoms with Crippen LogP contribution in [-0.4, -0.2) is 23.3 Å². The van der Waals surface area contributed by atoms with Crippen LogP contribution in [-0.2, 0) is 10.9 Å². The molecule has 0 aliphatic rings. The van der Waals surface area contributed by atoms with Crippen molar-refractivity contribution in [3.8, 4) is 11.3 Å². The van der Waals surface area contributed by atoms with Crippen LogP contribution in [0.15, 0.2) is 78.9 Å². The maximum absolute atomic E-state index is 13.6. The van der Waals surface area contributed by atoms with Crippen LogP contribution < -0.4 is 0 Å². The summed E-state index contributed by atoms with van der Waals surface area (Å²) in [5.74, 6) is -1.43. The normalized spacial score (nSPS) is 11.4. The van der Waals surface area contributed by atoms with Crippen LogP contribution in [0.1, 0.15) is 38.8 Å². The highest BCUT2D eigenvalue weighted by molar-refractivity contribution is 6.22. The molecule has 1 heterocycles. The summed E-state index contributed by atoms with van der Waals surface area (Å²) >= 11 is 0. The number of carbonyl (C=O) groups is 2. The minimum absolute atomic E-state index is 0.0205. The summed E-state index contributed by atoms with van der Waals surface area (Å²) in [7, 11) is 0. The molecule has 0 unspecified atom stereocenters. The number of alkyl halides is 3. The van der Waals surface area contributed by atoms with E-state index in [1.807, 2.05) is 0 Å². The van der Waals surface area contributed by atoms with Gasteiger partial charge >= 0.3 is 12.1 Å². The van der Waals surface area contributed by atoms with Gasteiger partial charge < -0.3 is 4.74 Å². The number of rotatable bonds is 5. The lowest BCUT2D eigenvalue weighted by molar-refractivity contribution is -0.137. The minimum Gasteiger partial charge on any atom is -0.462 e. The summed E-state index contributed by atoms with van der Waals surface area (Å²) in [6.45, 7) is 1.63. The van der Waals surface area contributed by atoms with Crippen molar-refractivity contribution in [1.29, 1.82) is 0 Å². The maximum Gasteiger partial charge on any atom is 0.416 e. The van der Waals surface area contributed by atoms with E-state index in [-0.39, 0.29) is 39.9 Å². The smallest absolute Gasteiger partial charge is 0.416 e. The lowest BCUT2D eigenvalue weighted by atomic mass is 9.90. The van der Waals surface area contributed by atoms with Crippen molar-refractivity contribution in [3.05, 3.63) is 101 Å². The fourth-order valence-electron chi connectivity index (χ4n) is 3.62. The number of ketones is 1. The second kappa shape index (κ2) is 8.86. The van der Waals surface area contributed by atoms with Crippen molar-refractivity contribution in [3.63, 3.8) is 0 Å². The van der Waals surface area contributed by atoms with E-state index in [9.17, 15) is 22.8 Å². The monoisotopic (exact) mass is 449 g/mol. The van der Waals surface area contributed by atoms with Crippen molar-refractivity contribution < 1.29 is 27.5 Å². The number of nitrogens with zero attached hydrogens (tertiary/aromatic N) is 1. The molecule has 33 heavy (non-hydrogen) atoms. The summed E-state index contributed by atoms with van der Waals surface area (Å²) in [6, 6.07) is 19.7. The van der Waals surface area contributed by atoms with Gasteiger partial charge in [-0.25, -0.2) is 9.78 Å². The van der Waals surface area contributed by atoms with Crippen molar-refractivity contribution in [2.24, 2.45) is 0 Å². The van der Waals surface area contributed by atoms with E-state index >= 15 is 0 Å². The average molecular weight is 449 g/mol. The first-order valence-corrected chi connectivity index (χ1v) is 10.2. The zero-order chi connectivity index (χ0) is 23.6. The van der Waals surface area contributed by atoms with Crippen LogP contribution in [0, 0.1) is 0 Å². The third-order valence-corrected chi connectivity index (χ3v) is 5.10. The third kappa shape index (κ3) is 4.35. The maximum atomic E-state index is 13.6. The first-order valence-electron chi connectivity index (χ1n) is 10.2. The van der Waals surface area contributed by atoms with Crippen molar-refractivity contribution in [2.45, 2.75) is 13.1 Å². The second-order valence-corrected chi connectivity index (χ2v) is 7.22. The number of benzene rings is 3. The quantitative estimate of drug-likeness (QED) is 0.264. The molecule has 0 atom stereocenters. The Labute approximate surface area is 187 Å². The fraction of sp³-hybridized carbons (Fsp3) is 0.115. The molecule has 0 spiro atoms. The Morgan fingerprint density at radius 2 is 1.52 bits per heavy atom. The van der Waals surface area contributed by atoms with Crippen LogP contribution in [0.4, 0.5) is 13.2 Å². The number of hydrogen-bond donors (Lipinski definition) is 0. The van der Waals surface area contributed by atoms with Crippen molar-refractivity contribution in [2.75, 3.05) is 6.61 Å². The molecule has 0 saturated carbocycles. The first kappa shape index (κ1) is 22.2. The predicted octanol–water partition coefficient (Wildman–Crippen LogP) is 6.33. The number of fused-ring (bicyclic) bond motifs is 1. The Bertz CT molecular complexity index is 1330. The Kier molecular flexibility index (Phi) is 5.96. The molecular weight excluding hydrogens is 431 g/mol. The van der Waals surface area contributed by atoms with Gasteiger partial charge in [0, 0.05) is 22.1 Å². The molecule has 0 saturated heterocycles. The van der Waals surface area contributed by atoms with E-state index in [2.05, 4.69) is 4.98 Å². The summed E-state index contributed by atoms with van der Waals surface area (Å²) in [5, 5.41) is -0.0681. The lowest BCUT2D eigenvalue weighted by Crippen LogP contribution is -2.17. The van der Waals surface area contributed by atoms with Gasteiger partial charge in [0.25, 0.3) is 0 Å². The van der Waals surface area contributed by atoms with Crippen LogP contribution in [0.5, 0.6) is 0 Å². The van der Waals surface area contributed by atoms with Gasteiger partial charge in [-0.15, -0.1) is 0 Å². The molecule has 4 rings (SSSR count). The fourth-order valence-corrected chi connectivity index (χ4v) is 3.62. The van der Waals surface area contributed by atoms with Gasteiger partial charge in [-0.1, -0.05) is 60.7 Å². The van der Waals surface area contributed by atoms with Crippen LogP contribution >= 0.6 is 0 Å². The largest absolute Gasteiger partial charge is 0.462 e. The molecule has 0 amide bonds. The third-order valence-electron chi connectivity index (χ3n) is 5.10. The Hall–Kier alpha value is -4.00. The number of hydrogen-bond acceptors (Lipinski definition) is 4. The van der Waals surface area contributed by atoms with Gasteiger partial charge in [0.15, 0.2) is 5.78 Å². The van der Waals surface area contributed by atoms with Gasteiger partial charge in [-0.3, -0.25) is 4.79 Å². The number of halogens is 3. The molecule has 0 N–H and O–H groups in total. The SMILES string of the molecule is CCOC(=O)c1c(-c2ccccc2)nc2ccc(C(F)(F)F)cc2c1C(=O)c1ccccc1. The molecule has 0 fully saturated rings. The van der Waals surface area contributed by atoms with Crippen molar-refractivity contribution in [1.82, 2.24) is 4.98 Å². The minimum atomic E-state index is -4.64. The molecule has 0 radical (unpaired) electrons. The standard InChI is InChI=1S/C26H18F3NO3/c1-2-33-25(32)22-21(24(31)17-11-7-4-8-12-17)19-15-18(26(27,28)29)13-14-20(19)30-23(22)16-9-5-3-6-10-16/h3-15H,2H2,1H3. The highest BCUT2D eigenvalue weighted by Gasteiger charge is 2.33. The van der Waals surface area contributed by atoms with E-state index in [1.165, 1.54) is 6.07 Å². The van der Waals surface area contributed by atoms with E-state index in [0.29, 0.717) is 5.56 Å². The van der Waals surface area contributed by atoms with E-state index in [0.717, 1.165) is 12.1 Å². The van der Waals surface area contributed by atoms with Gasteiger partial charge in [0.2, 0.25) is 0 Å². The molecule has 1 aromatic heterocycles. The van der Waals surface area contributed by atoms with Crippen LogP contribution in [0.25, 0.3) is 22.2 Å². The van der Waals surface area contributed by atoms with Crippen molar-refractivity contribution >= 4 is 22.7 Å². The number of aromatic nitrogens is 1. The van der Waals surface area contributed by atoms with Gasteiger partial charge in [-0.05, 0) is 25.1 Å².